The monoisotopic (exact) mass is 298 g/mol. The van der Waals surface area contributed by atoms with Crippen molar-refractivity contribution in [3.05, 3.63) is 0 Å². The Kier molecular flexibility index (Phi) is 6.45. The zero-order valence-electron chi connectivity index (χ0n) is 12.8. The molecule has 1 aliphatic carbocycles. The molecule has 0 spiro atoms. The van der Waals surface area contributed by atoms with Gasteiger partial charge in [-0.1, -0.05) is 31.8 Å². The van der Waals surface area contributed by atoms with Crippen molar-refractivity contribution in [1.82, 2.24) is 10.6 Å². The average molecular weight is 298 g/mol. The van der Waals surface area contributed by atoms with E-state index in [1.54, 1.807) is 0 Å². The van der Waals surface area contributed by atoms with Crippen LogP contribution in [0.25, 0.3) is 0 Å². The number of amides is 2. The van der Waals surface area contributed by atoms with Crippen molar-refractivity contribution in [2.24, 2.45) is 22.2 Å². The first kappa shape index (κ1) is 17.3. The van der Waals surface area contributed by atoms with Gasteiger partial charge in [0.25, 0.3) is 0 Å². The van der Waals surface area contributed by atoms with E-state index in [4.69, 9.17) is 10.9 Å². The Morgan fingerprint density at radius 3 is 2.43 bits per heavy atom. The number of nitrogens with one attached hydrogen (secondary N) is 2. The lowest BCUT2D eigenvalue weighted by Gasteiger charge is -2.25. The van der Waals surface area contributed by atoms with Crippen molar-refractivity contribution >= 4 is 17.6 Å². The number of carbonyl (C=O) groups excluding carboxylic acids is 2. The number of hydrogen-bond acceptors (Lipinski definition) is 4. The van der Waals surface area contributed by atoms with Crippen LogP contribution in [0.4, 0.5) is 0 Å². The smallest absolute Gasteiger partial charge is 0.233 e. The van der Waals surface area contributed by atoms with Crippen LogP contribution in [-0.4, -0.2) is 35.9 Å². The molecule has 0 aliphatic heterocycles. The first-order chi connectivity index (χ1) is 9.92. The SMILES string of the molecule is CC(C)CNC(=O)CCNC(=O)C1(C(N)=NO)CCCC1. The molecular weight excluding hydrogens is 272 g/mol. The quantitative estimate of drug-likeness (QED) is 0.238. The lowest BCUT2D eigenvalue weighted by atomic mass is 9.84. The summed E-state index contributed by atoms with van der Waals surface area (Å²) in [5.74, 6) is 0.00727. The first-order valence-corrected chi connectivity index (χ1v) is 7.45. The molecule has 0 aromatic rings. The summed E-state index contributed by atoms with van der Waals surface area (Å²) < 4.78 is 0. The van der Waals surface area contributed by atoms with E-state index in [0.29, 0.717) is 25.3 Å². The number of nitrogens with two attached hydrogens (primary N) is 1. The minimum Gasteiger partial charge on any atom is -0.409 e. The second-order valence-corrected chi connectivity index (χ2v) is 5.98. The topological polar surface area (TPSA) is 117 Å². The van der Waals surface area contributed by atoms with Crippen molar-refractivity contribution in [3.8, 4) is 0 Å². The molecule has 7 nitrogen and oxygen atoms in total. The zero-order chi connectivity index (χ0) is 15.9. The zero-order valence-corrected chi connectivity index (χ0v) is 12.8. The molecule has 2 amide bonds. The van der Waals surface area contributed by atoms with Crippen molar-refractivity contribution in [2.75, 3.05) is 13.1 Å². The lowest BCUT2D eigenvalue weighted by Crippen LogP contribution is -2.48. The Labute approximate surface area is 125 Å². The Morgan fingerprint density at radius 2 is 1.90 bits per heavy atom. The normalized spacial score (nSPS) is 17.8. The summed E-state index contributed by atoms with van der Waals surface area (Å²) in [5.41, 5.74) is 4.77. The van der Waals surface area contributed by atoms with E-state index in [1.807, 2.05) is 13.8 Å². The van der Waals surface area contributed by atoms with Crippen LogP contribution in [0.15, 0.2) is 5.16 Å². The van der Waals surface area contributed by atoms with Crippen LogP contribution in [0.5, 0.6) is 0 Å². The van der Waals surface area contributed by atoms with Gasteiger partial charge in [0.15, 0.2) is 5.84 Å². The van der Waals surface area contributed by atoms with Crippen LogP contribution in [0.2, 0.25) is 0 Å². The van der Waals surface area contributed by atoms with E-state index in [1.165, 1.54) is 0 Å². The third-order valence-corrected chi connectivity index (χ3v) is 3.83. The van der Waals surface area contributed by atoms with Crippen LogP contribution < -0.4 is 16.4 Å². The Morgan fingerprint density at radius 1 is 1.29 bits per heavy atom. The summed E-state index contributed by atoms with van der Waals surface area (Å²) in [5, 5.41) is 17.4. The Balaban J connectivity index is 2.44. The van der Waals surface area contributed by atoms with Gasteiger partial charge in [0.2, 0.25) is 11.8 Å². The molecule has 7 heteroatoms. The van der Waals surface area contributed by atoms with Crippen LogP contribution >= 0.6 is 0 Å². The molecule has 0 radical (unpaired) electrons. The molecule has 0 saturated heterocycles. The number of rotatable bonds is 7. The number of nitrogens with zero attached hydrogens (tertiary/aromatic N) is 1. The second-order valence-electron chi connectivity index (χ2n) is 5.98. The largest absolute Gasteiger partial charge is 0.409 e. The highest BCUT2D eigenvalue weighted by Gasteiger charge is 2.45. The summed E-state index contributed by atoms with van der Waals surface area (Å²) in [7, 11) is 0. The Hall–Kier alpha value is -1.79. The van der Waals surface area contributed by atoms with Gasteiger partial charge < -0.3 is 21.6 Å². The van der Waals surface area contributed by atoms with E-state index in [9.17, 15) is 9.59 Å². The molecule has 120 valence electrons. The van der Waals surface area contributed by atoms with Crippen molar-refractivity contribution in [1.29, 1.82) is 0 Å². The van der Waals surface area contributed by atoms with Gasteiger partial charge in [-0.25, -0.2) is 0 Å². The molecule has 0 aromatic carbocycles. The summed E-state index contributed by atoms with van der Waals surface area (Å²) in [6, 6.07) is 0. The van der Waals surface area contributed by atoms with Crippen molar-refractivity contribution in [2.45, 2.75) is 46.0 Å². The van der Waals surface area contributed by atoms with E-state index in [-0.39, 0.29) is 30.6 Å². The van der Waals surface area contributed by atoms with E-state index < -0.39 is 5.41 Å². The molecule has 5 N–H and O–H groups in total. The van der Waals surface area contributed by atoms with Crippen LogP contribution in [0, 0.1) is 11.3 Å². The fraction of sp³-hybridized carbons (Fsp3) is 0.786. The number of amidine groups is 1. The van der Waals surface area contributed by atoms with Gasteiger partial charge in [-0.2, -0.15) is 0 Å². The fourth-order valence-electron chi connectivity index (χ4n) is 2.54. The molecule has 0 unspecified atom stereocenters. The van der Waals surface area contributed by atoms with Gasteiger partial charge in [-0.15, -0.1) is 0 Å². The van der Waals surface area contributed by atoms with E-state index in [0.717, 1.165) is 12.8 Å². The highest BCUT2D eigenvalue weighted by molar-refractivity contribution is 6.07. The highest BCUT2D eigenvalue weighted by atomic mass is 16.4. The minimum absolute atomic E-state index is 0.0400. The minimum atomic E-state index is -0.914. The molecule has 1 saturated carbocycles. The van der Waals surface area contributed by atoms with Crippen molar-refractivity contribution < 1.29 is 14.8 Å². The van der Waals surface area contributed by atoms with E-state index in [2.05, 4.69) is 15.8 Å². The number of oxime groups is 1. The fourth-order valence-corrected chi connectivity index (χ4v) is 2.54. The van der Waals surface area contributed by atoms with Gasteiger partial charge in [0.05, 0.1) is 0 Å². The lowest BCUT2D eigenvalue weighted by molar-refractivity contribution is -0.127. The summed E-state index contributed by atoms with van der Waals surface area (Å²) in [6.07, 6.45) is 3.13. The van der Waals surface area contributed by atoms with Crippen LogP contribution in [0.3, 0.4) is 0 Å². The van der Waals surface area contributed by atoms with Gasteiger partial charge in [0.1, 0.15) is 5.41 Å². The third-order valence-electron chi connectivity index (χ3n) is 3.83. The molecule has 0 bridgehead atoms. The maximum Gasteiger partial charge on any atom is 0.233 e. The van der Waals surface area contributed by atoms with Gasteiger partial charge >= 0.3 is 0 Å². The maximum atomic E-state index is 12.3. The molecular formula is C14H26N4O3. The van der Waals surface area contributed by atoms with Gasteiger partial charge in [-0.05, 0) is 18.8 Å². The first-order valence-electron chi connectivity index (χ1n) is 7.45. The second kappa shape index (κ2) is 7.85. The molecule has 0 atom stereocenters. The average Bonchev–Trinajstić information content (AvgIpc) is 2.94. The van der Waals surface area contributed by atoms with Crippen molar-refractivity contribution in [3.63, 3.8) is 0 Å². The van der Waals surface area contributed by atoms with Gasteiger partial charge in [-0.3, -0.25) is 9.59 Å². The maximum absolute atomic E-state index is 12.3. The third kappa shape index (κ3) is 4.61. The molecule has 0 aromatic heterocycles. The number of hydrogen-bond donors (Lipinski definition) is 4. The number of carbonyl (C=O) groups is 2. The summed E-state index contributed by atoms with van der Waals surface area (Å²) >= 11 is 0. The Bertz CT molecular complexity index is 401. The molecule has 21 heavy (non-hydrogen) atoms. The van der Waals surface area contributed by atoms with Crippen LogP contribution in [0.1, 0.15) is 46.0 Å². The molecule has 1 fully saturated rings. The predicted molar refractivity (Wildman–Crippen MR) is 79.8 cm³/mol. The summed E-state index contributed by atoms with van der Waals surface area (Å²) in [4.78, 5) is 23.9. The molecule has 1 rings (SSSR count). The molecule has 0 heterocycles. The van der Waals surface area contributed by atoms with E-state index >= 15 is 0 Å². The summed E-state index contributed by atoms with van der Waals surface area (Å²) in [6.45, 7) is 4.91. The van der Waals surface area contributed by atoms with Gasteiger partial charge in [0, 0.05) is 19.5 Å². The standard InChI is InChI=1S/C14H26N4O3/c1-10(2)9-17-11(19)5-8-16-13(20)14(12(15)18-21)6-3-4-7-14/h10,21H,3-9H2,1-2H3,(H2,15,18)(H,16,20)(H,17,19). The predicted octanol–water partition coefficient (Wildman–Crippen LogP) is 0.572. The molecule has 1 aliphatic rings. The highest BCUT2D eigenvalue weighted by Crippen LogP contribution is 2.38. The van der Waals surface area contributed by atoms with Crippen LogP contribution in [-0.2, 0) is 9.59 Å².